The van der Waals surface area contributed by atoms with Gasteiger partial charge in [-0.15, -0.1) is 0 Å². The van der Waals surface area contributed by atoms with Crippen LogP contribution in [0.3, 0.4) is 0 Å². The number of carbonyl (C=O) groups is 1. The number of nitrogens with one attached hydrogen (secondary N) is 1. The van der Waals surface area contributed by atoms with E-state index in [-0.39, 0.29) is 12.1 Å². The van der Waals surface area contributed by atoms with Crippen molar-refractivity contribution in [1.29, 1.82) is 0 Å². The van der Waals surface area contributed by atoms with E-state index >= 15 is 0 Å². The molecular formula is C19H26N4O2. The third-order valence-electron chi connectivity index (χ3n) is 4.24. The van der Waals surface area contributed by atoms with Crippen LogP contribution < -0.4 is 10.2 Å². The monoisotopic (exact) mass is 342 g/mol. The summed E-state index contributed by atoms with van der Waals surface area (Å²) in [6, 6.07) is 8.08. The van der Waals surface area contributed by atoms with E-state index in [4.69, 9.17) is 9.72 Å². The SMILES string of the molecule is CC(C)(C)OC(=O)NC[C@@H]1CCCCN1c1cnc2ccccc2n1. The van der Waals surface area contributed by atoms with Crippen molar-refractivity contribution in [2.24, 2.45) is 0 Å². The molecule has 0 aliphatic carbocycles. The Morgan fingerprint density at radius 2 is 2.04 bits per heavy atom. The summed E-state index contributed by atoms with van der Waals surface area (Å²) in [4.78, 5) is 23.5. The second-order valence-electron chi connectivity index (χ2n) is 7.44. The molecule has 1 amide bonds. The van der Waals surface area contributed by atoms with Crippen molar-refractivity contribution in [2.75, 3.05) is 18.0 Å². The van der Waals surface area contributed by atoms with Crippen molar-refractivity contribution in [1.82, 2.24) is 15.3 Å². The van der Waals surface area contributed by atoms with Gasteiger partial charge in [0.15, 0.2) is 0 Å². The molecule has 0 bridgehead atoms. The lowest BCUT2D eigenvalue weighted by Gasteiger charge is -2.36. The van der Waals surface area contributed by atoms with E-state index in [2.05, 4.69) is 15.2 Å². The maximum atomic E-state index is 11.9. The first-order valence-electron chi connectivity index (χ1n) is 8.88. The third kappa shape index (κ3) is 4.59. The maximum absolute atomic E-state index is 11.9. The minimum atomic E-state index is -0.486. The van der Waals surface area contributed by atoms with Gasteiger partial charge in [0.05, 0.1) is 17.2 Å². The lowest BCUT2D eigenvalue weighted by Crippen LogP contribution is -2.48. The molecule has 1 fully saturated rings. The van der Waals surface area contributed by atoms with E-state index in [1.807, 2.05) is 51.2 Å². The first-order valence-corrected chi connectivity index (χ1v) is 8.88. The largest absolute Gasteiger partial charge is 0.444 e. The van der Waals surface area contributed by atoms with Crippen molar-refractivity contribution in [3.05, 3.63) is 30.5 Å². The highest BCUT2D eigenvalue weighted by atomic mass is 16.6. The van der Waals surface area contributed by atoms with Gasteiger partial charge >= 0.3 is 6.09 Å². The molecule has 1 atom stereocenters. The van der Waals surface area contributed by atoms with E-state index < -0.39 is 5.60 Å². The van der Waals surface area contributed by atoms with Crippen LogP contribution >= 0.6 is 0 Å². The van der Waals surface area contributed by atoms with E-state index in [0.29, 0.717) is 6.54 Å². The second-order valence-corrected chi connectivity index (χ2v) is 7.44. The molecule has 6 nitrogen and oxygen atoms in total. The minimum absolute atomic E-state index is 0.205. The Morgan fingerprint density at radius 3 is 2.80 bits per heavy atom. The molecule has 0 saturated carbocycles. The molecule has 1 N–H and O–H groups in total. The summed E-state index contributed by atoms with van der Waals surface area (Å²) in [6.45, 7) is 7.07. The number of ether oxygens (including phenoxy) is 1. The lowest BCUT2D eigenvalue weighted by molar-refractivity contribution is 0.0523. The molecule has 2 aromatic rings. The van der Waals surface area contributed by atoms with Crippen molar-refractivity contribution in [3.63, 3.8) is 0 Å². The Bertz CT molecular complexity index is 742. The Hall–Kier alpha value is -2.37. The van der Waals surface area contributed by atoms with Crippen LogP contribution in [0.15, 0.2) is 30.5 Å². The van der Waals surface area contributed by atoms with Crippen LogP contribution in [0.25, 0.3) is 11.0 Å². The first-order chi connectivity index (χ1) is 11.9. The fraction of sp³-hybridized carbons (Fsp3) is 0.526. The van der Waals surface area contributed by atoms with Gasteiger partial charge in [-0.3, -0.25) is 4.98 Å². The van der Waals surface area contributed by atoms with E-state index in [0.717, 1.165) is 42.7 Å². The Morgan fingerprint density at radius 1 is 1.28 bits per heavy atom. The number of anilines is 1. The lowest BCUT2D eigenvalue weighted by atomic mass is 10.0. The fourth-order valence-electron chi connectivity index (χ4n) is 3.12. The van der Waals surface area contributed by atoms with Gasteiger partial charge < -0.3 is 15.0 Å². The molecule has 0 radical (unpaired) electrons. The van der Waals surface area contributed by atoms with E-state index in [1.54, 1.807) is 0 Å². The summed E-state index contributed by atoms with van der Waals surface area (Å²) in [6.07, 6.45) is 4.75. The molecule has 1 aliphatic rings. The van der Waals surface area contributed by atoms with Crippen LogP contribution in [0.4, 0.5) is 10.6 Å². The number of para-hydroxylation sites is 2. The summed E-state index contributed by atoms with van der Waals surface area (Å²) >= 11 is 0. The highest BCUT2D eigenvalue weighted by Crippen LogP contribution is 2.24. The van der Waals surface area contributed by atoms with Crippen LogP contribution in [0.1, 0.15) is 40.0 Å². The molecule has 1 aromatic heterocycles. The summed E-state index contributed by atoms with van der Waals surface area (Å²) in [5.74, 6) is 0.870. The molecule has 25 heavy (non-hydrogen) atoms. The summed E-state index contributed by atoms with van der Waals surface area (Å²) in [5.41, 5.74) is 1.30. The molecule has 0 unspecified atom stereocenters. The second kappa shape index (κ2) is 7.25. The molecule has 0 spiro atoms. The van der Waals surface area contributed by atoms with Gasteiger partial charge in [-0.1, -0.05) is 12.1 Å². The summed E-state index contributed by atoms with van der Waals surface area (Å²) < 4.78 is 5.33. The van der Waals surface area contributed by atoms with Crippen LogP contribution in [0.2, 0.25) is 0 Å². The molecule has 1 aromatic carbocycles. The highest BCUT2D eigenvalue weighted by molar-refractivity contribution is 5.75. The van der Waals surface area contributed by atoms with Crippen LogP contribution in [0, 0.1) is 0 Å². The maximum Gasteiger partial charge on any atom is 0.407 e. The van der Waals surface area contributed by atoms with Gasteiger partial charge in [0, 0.05) is 19.1 Å². The first kappa shape index (κ1) is 17.5. The van der Waals surface area contributed by atoms with Crippen LogP contribution in [-0.4, -0.2) is 40.8 Å². The number of aromatic nitrogens is 2. The number of nitrogens with zero attached hydrogens (tertiary/aromatic N) is 3. The number of rotatable bonds is 3. The standard InChI is InChI=1S/C19H26N4O2/c1-19(2,3)25-18(24)21-12-14-8-6-7-11-23(14)17-13-20-15-9-4-5-10-16(15)22-17/h4-5,9-10,13-14H,6-8,11-12H2,1-3H3,(H,21,24)/t14-/m0/s1. The topological polar surface area (TPSA) is 67.3 Å². The van der Waals surface area contributed by atoms with E-state index in [9.17, 15) is 4.79 Å². The van der Waals surface area contributed by atoms with Crippen molar-refractivity contribution in [3.8, 4) is 0 Å². The number of fused-ring (bicyclic) bond motifs is 1. The number of hydrogen-bond donors (Lipinski definition) is 1. The predicted octanol–water partition coefficient (Wildman–Crippen LogP) is 3.51. The third-order valence-corrected chi connectivity index (χ3v) is 4.24. The number of alkyl carbamates (subject to hydrolysis) is 1. The van der Waals surface area contributed by atoms with Crippen molar-refractivity contribution >= 4 is 22.9 Å². The molecule has 2 heterocycles. The van der Waals surface area contributed by atoms with Crippen LogP contribution in [0.5, 0.6) is 0 Å². The average molecular weight is 342 g/mol. The molecular weight excluding hydrogens is 316 g/mol. The zero-order valence-corrected chi connectivity index (χ0v) is 15.2. The molecule has 3 rings (SSSR count). The molecule has 134 valence electrons. The predicted molar refractivity (Wildman–Crippen MR) is 98.8 cm³/mol. The van der Waals surface area contributed by atoms with Gasteiger partial charge in [0.25, 0.3) is 0 Å². The van der Waals surface area contributed by atoms with Crippen molar-refractivity contribution < 1.29 is 9.53 Å². The van der Waals surface area contributed by atoms with Crippen LogP contribution in [-0.2, 0) is 4.74 Å². The Balaban J connectivity index is 1.70. The fourth-order valence-corrected chi connectivity index (χ4v) is 3.12. The number of amides is 1. The quantitative estimate of drug-likeness (QED) is 0.924. The number of carbonyl (C=O) groups excluding carboxylic acids is 1. The molecule has 1 aliphatic heterocycles. The van der Waals surface area contributed by atoms with E-state index in [1.165, 1.54) is 0 Å². The Kier molecular flexibility index (Phi) is 5.06. The smallest absolute Gasteiger partial charge is 0.407 e. The van der Waals surface area contributed by atoms with Gasteiger partial charge in [0.1, 0.15) is 11.4 Å². The zero-order chi connectivity index (χ0) is 17.9. The van der Waals surface area contributed by atoms with Gasteiger partial charge in [-0.25, -0.2) is 9.78 Å². The highest BCUT2D eigenvalue weighted by Gasteiger charge is 2.25. The minimum Gasteiger partial charge on any atom is -0.444 e. The molecule has 1 saturated heterocycles. The summed E-state index contributed by atoms with van der Waals surface area (Å²) in [7, 11) is 0. The number of piperidine rings is 1. The number of benzene rings is 1. The van der Waals surface area contributed by atoms with Gasteiger partial charge in [0.2, 0.25) is 0 Å². The number of hydrogen-bond acceptors (Lipinski definition) is 5. The summed E-state index contributed by atoms with van der Waals surface area (Å²) in [5, 5.41) is 2.89. The average Bonchev–Trinajstić information content (AvgIpc) is 2.58. The zero-order valence-electron chi connectivity index (χ0n) is 15.2. The van der Waals surface area contributed by atoms with Crippen molar-refractivity contribution in [2.45, 2.75) is 51.7 Å². The van der Waals surface area contributed by atoms with Gasteiger partial charge in [-0.2, -0.15) is 0 Å². The molecule has 6 heteroatoms. The normalized spacial score (nSPS) is 18.2. The van der Waals surface area contributed by atoms with Gasteiger partial charge in [-0.05, 0) is 52.2 Å². The Labute approximate surface area is 148 Å².